The minimum atomic E-state index is -4.06. The Morgan fingerprint density at radius 3 is 2.72 bits per heavy atom. The Bertz CT molecular complexity index is 1300. The van der Waals surface area contributed by atoms with Crippen LogP contribution in [0.1, 0.15) is 5.69 Å². The van der Waals surface area contributed by atoms with Crippen LogP contribution >= 0.6 is 22.9 Å². The molecule has 3 N–H and O–H groups in total. The highest BCUT2D eigenvalue weighted by molar-refractivity contribution is 7.92. The van der Waals surface area contributed by atoms with Crippen molar-refractivity contribution in [2.24, 2.45) is 0 Å². The zero-order valence-electron chi connectivity index (χ0n) is 14.7. The number of aromatic nitrogens is 1. The topological polar surface area (TPSA) is 115 Å². The van der Waals surface area contributed by atoms with Crippen molar-refractivity contribution in [1.82, 2.24) is 4.98 Å². The van der Waals surface area contributed by atoms with E-state index in [4.69, 9.17) is 21.8 Å². The first-order valence-electron chi connectivity index (χ1n) is 8.21. The minimum absolute atomic E-state index is 0.0920. The van der Waals surface area contributed by atoms with Crippen molar-refractivity contribution in [2.75, 3.05) is 10.5 Å². The molecule has 0 saturated heterocycles. The van der Waals surface area contributed by atoms with Crippen LogP contribution in [0.2, 0.25) is 5.02 Å². The van der Waals surface area contributed by atoms with Crippen molar-refractivity contribution in [1.29, 1.82) is 0 Å². The van der Waals surface area contributed by atoms with Gasteiger partial charge in [0.25, 0.3) is 10.0 Å². The molecule has 0 saturated carbocycles. The predicted molar refractivity (Wildman–Crippen MR) is 115 cm³/mol. The van der Waals surface area contributed by atoms with Gasteiger partial charge in [-0.15, -0.1) is 11.3 Å². The van der Waals surface area contributed by atoms with E-state index in [0.717, 1.165) is 0 Å². The molecule has 0 aliphatic heterocycles. The second kappa shape index (κ2) is 7.79. The number of nitrogen functional groups attached to an aromatic ring is 1. The first-order valence-corrected chi connectivity index (χ1v) is 12.3. The molecule has 0 fully saturated rings. The van der Waals surface area contributed by atoms with Gasteiger partial charge in [0.2, 0.25) is 5.09 Å². The number of rotatable bonds is 6. The maximum absolute atomic E-state index is 12.9. The average Bonchev–Trinajstić information content (AvgIpc) is 3.28. The molecule has 7 nitrogen and oxygen atoms in total. The third-order valence-electron chi connectivity index (χ3n) is 3.95. The molecule has 11 heteroatoms. The van der Waals surface area contributed by atoms with E-state index >= 15 is 0 Å². The maximum atomic E-state index is 12.9. The van der Waals surface area contributed by atoms with Crippen molar-refractivity contribution in [3.05, 3.63) is 64.6 Å². The fourth-order valence-corrected chi connectivity index (χ4v) is 5.76. The quantitative estimate of drug-likeness (QED) is 0.438. The summed E-state index contributed by atoms with van der Waals surface area (Å²) in [7, 11) is -5.63. The molecule has 2 aromatic heterocycles. The number of benzene rings is 2. The number of fused-ring (bicyclic) bond motifs is 1. The van der Waals surface area contributed by atoms with Gasteiger partial charge < -0.3 is 10.2 Å². The highest BCUT2D eigenvalue weighted by atomic mass is 35.5. The molecule has 0 bridgehead atoms. The van der Waals surface area contributed by atoms with E-state index in [-0.39, 0.29) is 21.4 Å². The van der Waals surface area contributed by atoms with Gasteiger partial charge in [0, 0.05) is 21.9 Å². The molecular weight excluding hydrogens is 454 g/mol. The zero-order chi connectivity index (χ0) is 20.6. The van der Waals surface area contributed by atoms with Crippen LogP contribution in [0, 0.1) is 0 Å². The number of thiazole rings is 1. The number of nitrogens with two attached hydrogens (primary N) is 1. The van der Waals surface area contributed by atoms with Gasteiger partial charge in [-0.2, -0.15) is 8.42 Å². The first kappa shape index (κ1) is 19.9. The molecule has 1 atom stereocenters. The molecule has 0 aliphatic rings. The largest absolute Gasteiger partial charge is 0.443 e. The molecule has 0 spiro atoms. The SMILES string of the molecule is Nc1nc(CS(=O)c2ccc(Cl)cc2NS(=O)(=O)c2cc3ccccc3o2)cs1. The lowest BCUT2D eigenvalue weighted by atomic mass is 10.3. The molecule has 29 heavy (non-hydrogen) atoms. The minimum Gasteiger partial charge on any atom is -0.443 e. The number of anilines is 2. The molecule has 4 rings (SSSR count). The average molecular weight is 468 g/mol. The van der Waals surface area contributed by atoms with Crippen LogP contribution in [0.15, 0.2) is 68.3 Å². The normalized spacial score (nSPS) is 12.9. The first-order chi connectivity index (χ1) is 13.8. The molecule has 1 unspecified atom stereocenters. The second-order valence-corrected chi connectivity index (χ2v) is 10.4. The number of para-hydroxylation sites is 1. The monoisotopic (exact) mass is 467 g/mol. The van der Waals surface area contributed by atoms with Gasteiger partial charge in [0.15, 0.2) is 5.13 Å². The molecule has 0 amide bonds. The van der Waals surface area contributed by atoms with E-state index < -0.39 is 20.8 Å². The van der Waals surface area contributed by atoms with Crippen LogP contribution in [-0.2, 0) is 26.6 Å². The summed E-state index contributed by atoms with van der Waals surface area (Å²) in [6.45, 7) is 0. The molecule has 0 aliphatic carbocycles. The Morgan fingerprint density at radius 2 is 2.00 bits per heavy atom. The number of hydrogen-bond donors (Lipinski definition) is 2. The van der Waals surface area contributed by atoms with Crippen molar-refractivity contribution in [2.45, 2.75) is 15.7 Å². The molecular formula is C18H14ClN3O4S3. The highest BCUT2D eigenvalue weighted by Gasteiger charge is 2.23. The second-order valence-electron chi connectivity index (χ2n) is 6.02. The van der Waals surface area contributed by atoms with Crippen LogP contribution in [0.25, 0.3) is 11.0 Å². The van der Waals surface area contributed by atoms with Gasteiger partial charge >= 0.3 is 0 Å². The summed E-state index contributed by atoms with van der Waals surface area (Å²) < 4.78 is 46.4. The molecule has 0 radical (unpaired) electrons. The number of furan rings is 1. The summed E-state index contributed by atoms with van der Waals surface area (Å²) in [4.78, 5) is 4.37. The third kappa shape index (κ3) is 4.30. The number of nitrogens with one attached hydrogen (secondary N) is 1. The Balaban J connectivity index is 1.67. The Kier molecular flexibility index (Phi) is 5.34. The lowest BCUT2D eigenvalue weighted by Gasteiger charge is -2.11. The Hall–Kier alpha value is -2.40. The summed E-state index contributed by atoms with van der Waals surface area (Å²) in [6.07, 6.45) is 0. The summed E-state index contributed by atoms with van der Waals surface area (Å²) >= 11 is 7.28. The Morgan fingerprint density at radius 1 is 1.21 bits per heavy atom. The van der Waals surface area contributed by atoms with Crippen molar-refractivity contribution >= 4 is 65.5 Å². The van der Waals surface area contributed by atoms with Crippen LogP contribution < -0.4 is 10.5 Å². The maximum Gasteiger partial charge on any atom is 0.295 e. The molecule has 150 valence electrons. The third-order valence-corrected chi connectivity index (χ3v) is 7.53. The summed E-state index contributed by atoms with van der Waals surface area (Å²) in [5, 5.41) is 2.79. The number of halogens is 1. The predicted octanol–water partition coefficient (Wildman–Crippen LogP) is 4.23. The van der Waals surface area contributed by atoms with Crippen molar-refractivity contribution in [3.8, 4) is 0 Å². The van der Waals surface area contributed by atoms with E-state index in [9.17, 15) is 12.6 Å². The van der Waals surface area contributed by atoms with E-state index in [1.165, 1.54) is 29.5 Å². The summed E-state index contributed by atoms with van der Waals surface area (Å²) in [5.41, 5.74) is 6.73. The van der Waals surface area contributed by atoms with Gasteiger partial charge in [-0.25, -0.2) is 4.98 Å². The number of sulfonamides is 1. The highest BCUT2D eigenvalue weighted by Crippen LogP contribution is 2.30. The summed E-state index contributed by atoms with van der Waals surface area (Å²) in [5.74, 6) is 0.0920. The van der Waals surface area contributed by atoms with Crippen LogP contribution in [0.5, 0.6) is 0 Å². The fraction of sp³-hybridized carbons (Fsp3) is 0.0556. The van der Waals surface area contributed by atoms with Crippen molar-refractivity contribution < 1.29 is 17.0 Å². The van der Waals surface area contributed by atoms with Crippen LogP contribution in [-0.4, -0.2) is 17.6 Å². The Labute approximate surface area is 178 Å². The number of nitrogens with zero attached hydrogens (tertiary/aromatic N) is 1. The lowest BCUT2D eigenvalue weighted by molar-refractivity contribution is 0.484. The number of hydrogen-bond acceptors (Lipinski definition) is 7. The van der Waals surface area contributed by atoms with E-state index in [2.05, 4.69) is 9.71 Å². The standard InChI is InChI=1S/C18H14ClN3O4S3/c19-12-5-6-16(28(23)10-13-9-27-18(20)21-13)14(8-12)22-29(24,25)17-7-11-3-1-2-4-15(11)26-17/h1-9,22H,10H2,(H2,20,21). The van der Waals surface area contributed by atoms with Crippen LogP contribution in [0.3, 0.4) is 0 Å². The molecule has 2 heterocycles. The summed E-state index contributed by atoms with van der Waals surface area (Å²) in [6, 6.07) is 12.9. The van der Waals surface area contributed by atoms with E-state index in [1.807, 2.05) is 0 Å². The smallest absolute Gasteiger partial charge is 0.295 e. The lowest BCUT2D eigenvalue weighted by Crippen LogP contribution is -2.14. The zero-order valence-corrected chi connectivity index (χ0v) is 17.9. The van der Waals surface area contributed by atoms with E-state index in [1.54, 1.807) is 35.7 Å². The van der Waals surface area contributed by atoms with Gasteiger partial charge in [-0.3, -0.25) is 8.93 Å². The van der Waals surface area contributed by atoms with Gasteiger partial charge in [0.05, 0.1) is 32.8 Å². The molecule has 4 aromatic rings. The van der Waals surface area contributed by atoms with Gasteiger partial charge in [-0.1, -0.05) is 29.8 Å². The fourth-order valence-electron chi connectivity index (χ4n) is 2.67. The van der Waals surface area contributed by atoms with Gasteiger partial charge in [0.1, 0.15) is 5.58 Å². The van der Waals surface area contributed by atoms with Gasteiger partial charge in [-0.05, 0) is 24.3 Å². The van der Waals surface area contributed by atoms with Crippen molar-refractivity contribution in [3.63, 3.8) is 0 Å². The van der Waals surface area contributed by atoms with E-state index in [0.29, 0.717) is 26.8 Å². The molecule has 2 aromatic carbocycles. The van der Waals surface area contributed by atoms with Crippen LogP contribution in [0.4, 0.5) is 10.8 Å².